The number of hydrogen-bond acceptors (Lipinski definition) is 8. The molecule has 222 valence electrons. The monoisotopic (exact) mass is 615 g/mol. The van der Waals surface area contributed by atoms with E-state index in [2.05, 4.69) is 50.1 Å². The Bertz CT molecular complexity index is 2130. The summed E-state index contributed by atoms with van der Waals surface area (Å²) in [5.74, 6) is 0.318. The van der Waals surface area contributed by atoms with Crippen LogP contribution < -0.4 is 0 Å². The highest BCUT2D eigenvalue weighted by Crippen LogP contribution is 2.34. The number of rotatable bonds is 6. The van der Waals surface area contributed by atoms with Gasteiger partial charge < -0.3 is 4.85 Å². The molecule has 0 spiro atoms. The molecule has 0 amide bonds. The van der Waals surface area contributed by atoms with E-state index in [9.17, 15) is 10.5 Å². The fourth-order valence-corrected chi connectivity index (χ4v) is 5.27. The lowest BCUT2D eigenvalue weighted by Crippen LogP contribution is -1.91. The van der Waals surface area contributed by atoms with Gasteiger partial charge in [0.05, 0.1) is 17.1 Å². The first-order valence-electron chi connectivity index (χ1n) is 14.7. The summed E-state index contributed by atoms with van der Waals surface area (Å²) in [7, 11) is 0. The van der Waals surface area contributed by atoms with Crippen molar-refractivity contribution < 1.29 is 0 Å². The van der Waals surface area contributed by atoms with E-state index < -0.39 is 0 Å². The fraction of sp³-hybridized carbons (Fsp3) is 0. The Balaban J connectivity index is 1.28. The summed E-state index contributed by atoms with van der Waals surface area (Å²) < 4.78 is 0. The first-order chi connectivity index (χ1) is 23.6. The molecule has 6 heterocycles. The molecule has 7 aromatic rings. The number of aromatic nitrogens is 6. The van der Waals surface area contributed by atoms with Crippen molar-refractivity contribution in [3.05, 3.63) is 151 Å². The van der Waals surface area contributed by atoms with E-state index in [1.807, 2.05) is 73.2 Å². The smallest absolute Gasteiger partial charge is 0.270 e. The molecule has 0 radical (unpaired) electrons. The number of nitriles is 2. The van der Waals surface area contributed by atoms with Crippen LogP contribution in [0.4, 0.5) is 5.82 Å². The van der Waals surface area contributed by atoms with Crippen molar-refractivity contribution in [3.63, 3.8) is 0 Å². The molecule has 48 heavy (non-hydrogen) atoms. The van der Waals surface area contributed by atoms with E-state index in [0.717, 1.165) is 67.2 Å². The summed E-state index contributed by atoms with van der Waals surface area (Å²) in [6, 6.07) is 32.9. The largest absolute Gasteiger partial charge is 0.361 e. The van der Waals surface area contributed by atoms with Crippen LogP contribution in [0.5, 0.6) is 0 Å². The molecular weight excluding hydrogens is 594 g/mol. The van der Waals surface area contributed by atoms with Crippen LogP contribution in [-0.4, -0.2) is 29.9 Å². The minimum Gasteiger partial charge on any atom is -0.361 e. The quantitative estimate of drug-likeness (QED) is 0.171. The molecular formula is C39H21N9. The number of hydrogen-bond donors (Lipinski definition) is 0. The predicted octanol–water partition coefficient (Wildman–Crippen LogP) is 8.35. The molecule has 0 bridgehead atoms. The lowest BCUT2D eigenvalue weighted by atomic mass is 9.94. The minimum absolute atomic E-state index is 0.318. The topological polar surface area (TPSA) is 129 Å². The maximum atomic E-state index is 9.26. The summed E-state index contributed by atoms with van der Waals surface area (Å²) in [6.07, 6.45) is 10.3. The molecule has 9 heteroatoms. The second-order valence-electron chi connectivity index (χ2n) is 10.7. The van der Waals surface area contributed by atoms with Crippen LogP contribution in [0.3, 0.4) is 0 Å². The highest BCUT2D eigenvalue weighted by molar-refractivity contribution is 5.82. The van der Waals surface area contributed by atoms with Crippen molar-refractivity contribution in [1.29, 1.82) is 10.5 Å². The molecule has 0 N–H and O–H groups in total. The number of nitrogens with zero attached hydrogens (tertiary/aromatic N) is 9. The van der Waals surface area contributed by atoms with Crippen molar-refractivity contribution in [3.8, 4) is 79.3 Å². The van der Waals surface area contributed by atoms with E-state index in [1.165, 1.54) is 0 Å². The van der Waals surface area contributed by atoms with Crippen LogP contribution >= 0.6 is 0 Å². The summed E-state index contributed by atoms with van der Waals surface area (Å²) >= 11 is 0. The van der Waals surface area contributed by atoms with E-state index in [-0.39, 0.29) is 0 Å². The molecule has 0 aliphatic carbocycles. The SMILES string of the molecule is [C-]#[N+]c1cc(-c2ccc(-c3cc(-c4ccc(-c5ccnc(C#N)c5)nc4)cc(-c4ccc(-c5ccnc(C#N)c5)nc4)c3)cn2)ccn1. The molecule has 0 aliphatic rings. The number of pyridine rings is 6. The van der Waals surface area contributed by atoms with Crippen LogP contribution in [0.25, 0.3) is 72.0 Å². The van der Waals surface area contributed by atoms with Crippen LogP contribution in [-0.2, 0) is 0 Å². The van der Waals surface area contributed by atoms with Crippen LogP contribution in [0.15, 0.2) is 128 Å². The van der Waals surface area contributed by atoms with E-state index >= 15 is 0 Å². The van der Waals surface area contributed by atoms with Gasteiger partial charge in [-0.2, -0.15) is 10.5 Å². The van der Waals surface area contributed by atoms with Gasteiger partial charge in [-0.25, -0.2) is 9.97 Å². The Morgan fingerprint density at radius 3 is 1.17 bits per heavy atom. The summed E-state index contributed by atoms with van der Waals surface area (Å²) in [6.45, 7) is 7.28. The summed E-state index contributed by atoms with van der Waals surface area (Å²) in [4.78, 5) is 29.7. The molecule has 0 aliphatic heterocycles. The van der Waals surface area contributed by atoms with Crippen LogP contribution in [0.1, 0.15) is 11.4 Å². The lowest BCUT2D eigenvalue weighted by Gasteiger charge is -2.12. The zero-order valence-electron chi connectivity index (χ0n) is 25.1. The van der Waals surface area contributed by atoms with E-state index in [4.69, 9.17) is 21.5 Å². The van der Waals surface area contributed by atoms with Gasteiger partial charge in [-0.1, -0.05) is 24.8 Å². The lowest BCUT2D eigenvalue weighted by molar-refractivity contribution is 1.25. The Hall–Kier alpha value is -7.41. The maximum Gasteiger partial charge on any atom is 0.270 e. The predicted molar refractivity (Wildman–Crippen MR) is 182 cm³/mol. The summed E-state index contributed by atoms with van der Waals surface area (Å²) in [5.41, 5.74) is 10.9. The third kappa shape index (κ3) is 6.09. The van der Waals surface area contributed by atoms with Gasteiger partial charge in [0.1, 0.15) is 29.7 Å². The molecule has 9 nitrogen and oxygen atoms in total. The van der Waals surface area contributed by atoms with Crippen molar-refractivity contribution in [2.24, 2.45) is 0 Å². The molecule has 7 rings (SSSR count). The maximum absolute atomic E-state index is 9.26. The molecule has 1 aromatic carbocycles. The molecule has 0 unspecified atom stereocenters. The Kier molecular flexibility index (Phi) is 7.88. The van der Waals surface area contributed by atoms with Gasteiger partial charge in [-0.15, -0.1) is 4.98 Å². The Morgan fingerprint density at radius 1 is 0.417 bits per heavy atom. The second-order valence-corrected chi connectivity index (χ2v) is 10.7. The van der Waals surface area contributed by atoms with Gasteiger partial charge in [0.2, 0.25) is 0 Å². The third-order valence-electron chi connectivity index (χ3n) is 7.72. The van der Waals surface area contributed by atoms with Crippen LogP contribution in [0, 0.1) is 29.2 Å². The zero-order chi connectivity index (χ0) is 32.9. The third-order valence-corrected chi connectivity index (χ3v) is 7.72. The average Bonchev–Trinajstić information content (AvgIpc) is 3.18. The van der Waals surface area contributed by atoms with Gasteiger partial charge in [0.15, 0.2) is 0 Å². The van der Waals surface area contributed by atoms with Gasteiger partial charge in [0, 0.05) is 58.8 Å². The van der Waals surface area contributed by atoms with E-state index in [1.54, 1.807) is 36.8 Å². The van der Waals surface area contributed by atoms with Gasteiger partial charge in [0.25, 0.3) is 5.82 Å². The highest BCUT2D eigenvalue weighted by atomic mass is 14.9. The van der Waals surface area contributed by atoms with Crippen molar-refractivity contribution in [1.82, 2.24) is 29.9 Å². The molecule has 6 aromatic heterocycles. The Labute approximate surface area is 276 Å². The zero-order valence-corrected chi connectivity index (χ0v) is 25.1. The average molecular weight is 616 g/mol. The standard InChI is InChI=1S/C39H21N9/c1-42-39-19-27(10-13-45-39)38-7-4-30(24-48-38)33-15-31(28-2-5-36(46-22-28)25-8-11-43-34(17-25)20-40)14-32(16-33)29-3-6-37(47-23-29)26-9-12-44-35(18-26)21-41/h2-19,22-24H. The van der Waals surface area contributed by atoms with E-state index in [0.29, 0.717) is 17.2 Å². The normalized spacial score (nSPS) is 10.4. The highest BCUT2D eigenvalue weighted by Gasteiger charge is 2.12. The summed E-state index contributed by atoms with van der Waals surface area (Å²) in [5, 5.41) is 18.5. The second kappa shape index (κ2) is 12.9. The first-order valence-corrected chi connectivity index (χ1v) is 14.7. The molecule has 0 saturated carbocycles. The van der Waals surface area contributed by atoms with Gasteiger partial charge in [-0.05, 0) is 95.1 Å². The fourth-order valence-electron chi connectivity index (χ4n) is 5.27. The van der Waals surface area contributed by atoms with Gasteiger partial charge >= 0.3 is 0 Å². The van der Waals surface area contributed by atoms with Crippen molar-refractivity contribution >= 4 is 5.82 Å². The molecule has 0 saturated heterocycles. The number of benzene rings is 1. The Morgan fingerprint density at radius 2 is 0.812 bits per heavy atom. The first kappa shape index (κ1) is 29.3. The minimum atomic E-state index is 0.318. The molecule has 0 fully saturated rings. The van der Waals surface area contributed by atoms with Crippen LogP contribution in [0.2, 0.25) is 0 Å². The van der Waals surface area contributed by atoms with Gasteiger partial charge in [-0.3, -0.25) is 15.0 Å². The van der Waals surface area contributed by atoms with Crippen molar-refractivity contribution in [2.75, 3.05) is 0 Å². The molecule has 0 atom stereocenters. The van der Waals surface area contributed by atoms with Crippen molar-refractivity contribution in [2.45, 2.75) is 0 Å².